The van der Waals surface area contributed by atoms with E-state index in [0.717, 1.165) is 11.1 Å². The lowest BCUT2D eigenvalue weighted by atomic mass is 10.0. The van der Waals surface area contributed by atoms with Gasteiger partial charge in [0.05, 0.1) is 6.54 Å². The number of aryl methyl sites for hydroxylation is 3. The third-order valence-corrected chi connectivity index (χ3v) is 5.91. The second kappa shape index (κ2) is 14.4. The number of hydrogen-bond acceptors (Lipinski definition) is 4. The van der Waals surface area contributed by atoms with Crippen LogP contribution >= 0.6 is 7.60 Å². The van der Waals surface area contributed by atoms with Gasteiger partial charge in [0.15, 0.2) is 5.82 Å². The number of benzene rings is 1. The normalized spacial score (nSPS) is 10.6. The van der Waals surface area contributed by atoms with Crippen molar-refractivity contribution in [2.45, 2.75) is 46.5 Å². The van der Waals surface area contributed by atoms with Crippen LogP contribution in [0.15, 0.2) is 24.3 Å². The van der Waals surface area contributed by atoms with Crippen LogP contribution in [0, 0.1) is 19.3 Å². The number of rotatable bonds is 12. The minimum Gasteiger partial charge on any atom is -0.336 e. The van der Waals surface area contributed by atoms with Crippen molar-refractivity contribution in [2.24, 2.45) is 0 Å². The van der Waals surface area contributed by atoms with Gasteiger partial charge in [-0.25, -0.2) is 4.98 Å². The Kier molecular flexibility index (Phi) is 12.3. The van der Waals surface area contributed by atoms with Gasteiger partial charge < -0.3 is 19.7 Å². The number of unbranched alkanes of at least 4 members (excludes halogenated alkanes) is 1. The zero-order chi connectivity index (χ0) is 25.7. The fourth-order valence-electron chi connectivity index (χ4n) is 3.24. The second-order valence-electron chi connectivity index (χ2n) is 7.57. The molecule has 0 saturated heterocycles. The molecule has 0 atom stereocenters. The summed E-state index contributed by atoms with van der Waals surface area (Å²) in [5.41, 5.74) is 2.47. The summed E-state index contributed by atoms with van der Waals surface area (Å²) in [7, 11) is -2.54. The Morgan fingerprint density at radius 1 is 1.24 bits per heavy atom. The van der Waals surface area contributed by atoms with E-state index >= 15 is 0 Å². The van der Waals surface area contributed by atoms with Crippen LogP contribution in [0.25, 0.3) is 0 Å². The molecule has 186 valence electrons. The highest BCUT2D eigenvalue weighted by atomic mass is 31.2. The average molecular weight is 491 g/mol. The van der Waals surface area contributed by atoms with Crippen molar-refractivity contribution in [1.82, 2.24) is 14.9 Å². The van der Waals surface area contributed by atoms with Crippen molar-refractivity contribution in [3.8, 4) is 12.3 Å². The molecule has 2 amide bonds. The standard InChI is InChI=1S/C22H29N4O5P.C2H6/c1-4-13-25(3)22(28)20-21(26(16-27)14-7-8-15-32(29,30)31)24-19(23-20)12-11-18-10-6-5-9-17(18)2;1-2/h1,5-6,9-10,16H,7-8,11-15H2,2-3H3,(H,23,24)(H2,29,30,31);1-2H3. The van der Waals surface area contributed by atoms with Crippen LogP contribution in [0.5, 0.6) is 0 Å². The first-order valence-corrected chi connectivity index (χ1v) is 13.0. The third kappa shape index (κ3) is 9.14. The maximum Gasteiger partial charge on any atom is 0.325 e. The smallest absolute Gasteiger partial charge is 0.325 e. The van der Waals surface area contributed by atoms with Gasteiger partial charge in [-0.1, -0.05) is 44.0 Å². The zero-order valence-corrected chi connectivity index (χ0v) is 21.2. The first-order chi connectivity index (χ1) is 16.2. The summed E-state index contributed by atoms with van der Waals surface area (Å²) in [6, 6.07) is 7.99. The number of terminal acetylenes is 1. The molecular formula is C24H35N4O5P. The molecule has 0 spiro atoms. The molecule has 1 aromatic carbocycles. The van der Waals surface area contributed by atoms with Gasteiger partial charge in [-0.15, -0.1) is 6.42 Å². The first-order valence-electron chi connectivity index (χ1n) is 11.2. The lowest BCUT2D eigenvalue weighted by Gasteiger charge is -2.18. The van der Waals surface area contributed by atoms with Gasteiger partial charge in [0, 0.05) is 26.2 Å². The number of nitrogens with one attached hydrogen (secondary N) is 1. The molecule has 0 aliphatic carbocycles. The Balaban J connectivity index is 0.00000281. The number of anilines is 1. The number of H-pyrrole nitrogens is 1. The van der Waals surface area contributed by atoms with Crippen LogP contribution in [0.4, 0.5) is 5.82 Å². The minimum absolute atomic E-state index is 0.0964. The van der Waals surface area contributed by atoms with E-state index in [4.69, 9.17) is 16.2 Å². The Hall–Kier alpha value is -2.92. The van der Waals surface area contributed by atoms with Crippen LogP contribution in [-0.4, -0.2) is 63.3 Å². The molecule has 0 fully saturated rings. The summed E-state index contributed by atoms with van der Waals surface area (Å²) >= 11 is 0. The average Bonchev–Trinajstić information content (AvgIpc) is 3.23. The molecule has 2 aromatic rings. The van der Waals surface area contributed by atoms with Gasteiger partial charge in [0.25, 0.3) is 5.91 Å². The highest BCUT2D eigenvalue weighted by Gasteiger charge is 2.24. The molecule has 9 nitrogen and oxygen atoms in total. The topological polar surface area (TPSA) is 127 Å². The lowest BCUT2D eigenvalue weighted by molar-refractivity contribution is -0.107. The number of nitrogens with zero attached hydrogens (tertiary/aromatic N) is 3. The van der Waals surface area contributed by atoms with E-state index in [1.54, 1.807) is 7.05 Å². The molecule has 0 radical (unpaired) electrons. The largest absolute Gasteiger partial charge is 0.336 e. The maximum absolute atomic E-state index is 12.9. The minimum atomic E-state index is -4.10. The predicted molar refractivity (Wildman–Crippen MR) is 134 cm³/mol. The van der Waals surface area contributed by atoms with Crippen molar-refractivity contribution in [3.05, 3.63) is 46.9 Å². The molecule has 2 rings (SSSR count). The van der Waals surface area contributed by atoms with Crippen LogP contribution in [0.2, 0.25) is 0 Å². The summed E-state index contributed by atoms with van der Waals surface area (Å²) in [5, 5.41) is 0. The predicted octanol–water partition coefficient (Wildman–Crippen LogP) is 3.16. The van der Waals surface area contributed by atoms with E-state index in [9.17, 15) is 14.2 Å². The Morgan fingerprint density at radius 3 is 2.50 bits per heavy atom. The van der Waals surface area contributed by atoms with Gasteiger partial charge in [-0.3, -0.25) is 19.1 Å². The summed E-state index contributed by atoms with van der Waals surface area (Å²) in [4.78, 5) is 52.8. The maximum atomic E-state index is 12.9. The van der Waals surface area contributed by atoms with E-state index in [1.807, 2.05) is 45.0 Å². The van der Waals surface area contributed by atoms with E-state index in [2.05, 4.69) is 15.9 Å². The number of hydrogen-bond donors (Lipinski definition) is 3. The van der Waals surface area contributed by atoms with Crippen LogP contribution < -0.4 is 4.90 Å². The summed E-state index contributed by atoms with van der Waals surface area (Å²) in [6.45, 7) is 6.29. The number of imidazole rings is 1. The molecular weight excluding hydrogens is 455 g/mol. The molecule has 0 aliphatic rings. The van der Waals surface area contributed by atoms with Crippen LogP contribution in [0.3, 0.4) is 0 Å². The van der Waals surface area contributed by atoms with E-state index in [-0.39, 0.29) is 37.2 Å². The van der Waals surface area contributed by atoms with Crippen molar-refractivity contribution in [2.75, 3.05) is 31.2 Å². The number of carbonyl (C=O) groups is 2. The zero-order valence-electron chi connectivity index (χ0n) is 20.3. The highest BCUT2D eigenvalue weighted by Crippen LogP contribution is 2.35. The molecule has 1 aromatic heterocycles. The molecule has 0 aliphatic heterocycles. The first kappa shape index (κ1) is 29.1. The Bertz CT molecular complexity index is 1020. The third-order valence-electron chi connectivity index (χ3n) is 5.01. The Morgan fingerprint density at radius 2 is 1.91 bits per heavy atom. The molecule has 3 N–H and O–H groups in total. The molecule has 0 saturated carbocycles. The van der Waals surface area contributed by atoms with Crippen molar-refractivity contribution in [3.63, 3.8) is 0 Å². The molecule has 10 heteroatoms. The molecule has 1 heterocycles. The van der Waals surface area contributed by atoms with E-state index in [0.29, 0.717) is 31.5 Å². The van der Waals surface area contributed by atoms with Gasteiger partial charge in [0.1, 0.15) is 11.5 Å². The van der Waals surface area contributed by atoms with Gasteiger partial charge in [-0.2, -0.15) is 0 Å². The number of carbonyl (C=O) groups excluding carboxylic acids is 2. The van der Waals surface area contributed by atoms with Crippen molar-refractivity contribution >= 4 is 25.7 Å². The van der Waals surface area contributed by atoms with Gasteiger partial charge in [-0.05, 0) is 37.3 Å². The number of amides is 2. The van der Waals surface area contributed by atoms with Crippen molar-refractivity contribution in [1.29, 1.82) is 0 Å². The second-order valence-corrected chi connectivity index (χ2v) is 9.34. The fraction of sp³-hybridized carbons (Fsp3) is 0.458. The quantitative estimate of drug-likeness (QED) is 0.182. The molecule has 34 heavy (non-hydrogen) atoms. The SMILES string of the molecule is C#CCN(C)C(=O)c1[nH]c(CCc2ccccc2C)nc1N(C=O)CCCCP(=O)(O)O.CC. The van der Waals surface area contributed by atoms with Crippen LogP contribution in [0.1, 0.15) is 54.1 Å². The highest BCUT2D eigenvalue weighted by molar-refractivity contribution is 7.51. The summed E-state index contributed by atoms with van der Waals surface area (Å²) in [5.74, 6) is 2.76. The number of aromatic amines is 1. The monoisotopic (exact) mass is 490 g/mol. The fourth-order valence-corrected chi connectivity index (χ4v) is 3.87. The summed E-state index contributed by atoms with van der Waals surface area (Å²) < 4.78 is 11.0. The lowest BCUT2D eigenvalue weighted by Crippen LogP contribution is -2.31. The van der Waals surface area contributed by atoms with Crippen molar-refractivity contribution < 1.29 is 23.9 Å². The molecule has 0 bridgehead atoms. The van der Waals surface area contributed by atoms with Gasteiger partial charge in [0.2, 0.25) is 6.41 Å². The van der Waals surface area contributed by atoms with E-state index < -0.39 is 13.5 Å². The number of aromatic nitrogens is 2. The van der Waals surface area contributed by atoms with Gasteiger partial charge >= 0.3 is 7.60 Å². The summed E-state index contributed by atoms with van der Waals surface area (Å²) in [6.07, 6.45) is 7.45. The van der Waals surface area contributed by atoms with Crippen LogP contribution in [-0.2, 0) is 22.2 Å². The Labute approximate surface area is 201 Å². The molecule has 0 unspecified atom stereocenters. The van der Waals surface area contributed by atoms with E-state index in [1.165, 1.54) is 9.80 Å².